The van der Waals surface area contributed by atoms with Gasteiger partial charge in [-0.25, -0.2) is 4.98 Å². The van der Waals surface area contributed by atoms with Gasteiger partial charge in [-0.15, -0.1) is 0 Å². The molecule has 1 aromatic carbocycles. The average molecular weight is 367 g/mol. The Balaban J connectivity index is 1.59. The lowest BCUT2D eigenvalue weighted by atomic mass is 10.2. The molecule has 1 saturated heterocycles. The highest BCUT2D eigenvalue weighted by atomic mass is 16.2. The second-order valence-corrected chi connectivity index (χ2v) is 6.25. The fourth-order valence-corrected chi connectivity index (χ4v) is 2.81. The van der Waals surface area contributed by atoms with E-state index in [0.717, 1.165) is 25.3 Å². The molecule has 0 bridgehead atoms. The Hall–Kier alpha value is -3.42. The van der Waals surface area contributed by atoms with Crippen LogP contribution in [0.2, 0.25) is 0 Å². The van der Waals surface area contributed by atoms with Crippen LogP contribution in [0.4, 0.5) is 17.2 Å². The number of pyridine rings is 1. The monoisotopic (exact) mass is 367 g/mol. The van der Waals surface area contributed by atoms with Crippen LogP contribution in [-0.2, 0) is 9.59 Å². The van der Waals surface area contributed by atoms with Gasteiger partial charge in [0.25, 0.3) is 5.91 Å². The molecule has 8 heteroatoms. The zero-order chi connectivity index (χ0) is 19.2. The van der Waals surface area contributed by atoms with Crippen molar-refractivity contribution in [2.75, 3.05) is 41.7 Å². The molecular weight excluding hydrogens is 346 g/mol. The lowest BCUT2D eigenvalue weighted by Crippen LogP contribution is -2.46. The summed E-state index contributed by atoms with van der Waals surface area (Å²) in [5.74, 6) is 0.384. The molecule has 2 heterocycles. The molecule has 1 aliphatic rings. The van der Waals surface area contributed by atoms with Crippen molar-refractivity contribution in [3.05, 3.63) is 48.2 Å². The van der Waals surface area contributed by atoms with Crippen LogP contribution in [0.1, 0.15) is 17.3 Å². The van der Waals surface area contributed by atoms with Gasteiger partial charge >= 0.3 is 0 Å². The summed E-state index contributed by atoms with van der Waals surface area (Å²) in [6, 6.07) is 10.4. The Morgan fingerprint density at radius 3 is 2.11 bits per heavy atom. The van der Waals surface area contributed by atoms with Crippen molar-refractivity contribution in [2.24, 2.45) is 0 Å². The molecule has 0 unspecified atom stereocenters. The maximum atomic E-state index is 12.4. The topological polar surface area (TPSA) is 94.6 Å². The van der Waals surface area contributed by atoms with Crippen molar-refractivity contribution in [1.82, 2.24) is 9.88 Å². The third-order valence-corrected chi connectivity index (χ3v) is 4.26. The second kappa shape index (κ2) is 8.31. The Morgan fingerprint density at radius 1 is 0.963 bits per heavy atom. The van der Waals surface area contributed by atoms with Gasteiger partial charge in [-0.1, -0.05) is 0 Å². The maximum Gasteiger partial charge on any atom is 0.257 e. The van der Waals surface area contributed by atoms with Gasteiger partial charge in [-0.3, -0.25) is 14.4 Å². The molecule has 1 aromatic heterocycles. The molecule has 1 aliphatic heterocycles. The summed E-state index contributed by atoms with van der Waals surface area (Å²) in [7, 11) is 0. The van der Waals surface area contributed by atoms with Gasteiger partial charge in [0.2, 0.25) is 12.3 Å². The van der Waals surface area contributed by atoms with Gasteiger partial charge in [0.05, 0.1) is 5.56 Å². The van der Waals surface area contributed by atoms with Gasteiger partial charge in [-0.2, -0.15) is 0 Å². The predicted molar refractivity (Wildman–Crippen MR) is 103 cm³/mol. The van der Waals surface area contributed by atoms with Crippen LogP contribution in [0.25, 0.3) is 0 Å². The number of nitrogens with zero attached hydrogens (tertiary/aromatic N) is 3. The summed E-state index contributed by atoms with van der Waals surface area (Å²) >= 11 is 0. The van der Waals surface area contributed by atoms with E-state index < -0.39 is 0 Å². The van der Waals surface area contributed by atoms with Crippen LogP contribution in [0.3, 0.4) is 0 Å². The zero-order valence-corrected chi connectivity index (χ0v) is 15.0. The summed E-state index contributed by atoms with van der Waals surface area (Å²) in [6.45, 7) is 4.22. The van der Waals surface area contributed by atoms with E-state index in [0.29, 0.717) is 30.0 Å². The van der Waals surface area contributed by atoms with Crippen LogP contribution in [-0.4, -0.2) is 54.3 Å². The van der Waals surface area contributed by atoms with Crippen LogP contribution in [0.5, 0.6) is 0 Å². The summed E-state index contributed by atoms with van der Waals surface area (Å²) in [4.78, 5) is 42.3. The first-order valence-electron chi connectivity index (χ1n) is 8.64. The van der Waals surface area contributed by atoms with Crippen molar-refractivity contribution >= 4 is 35.4 Å². The van der Waals surface area contributed by atoms with E-state index in [1.54, 1.807) is 41.4 Å². The average Bonchev–Trinajstić information content (AvgIpc) is 2.69. The van der Waals surface area contributed by atoms with Crippen LogP contribution in [0.15, 0.2) is 42.6 Å². The van der Waals surface area contributed by atoms with Gasteiger partial charge < -0.3 is 20.4 Å². The van der Waals surface area contributed by atoms with Crippen molar-refractivity contribution in [2.45, 2.75) is 6.92 Å². The molecule has 0 saturated carbocycles. The molecule has 8 nitrogen and oxygen atoms in total. The SMILES string of the molecule is CC(=O)Nc1ccc(NC(=O)c2ccc(N3CCN(C=O)CC3)nc2)cc1. The third kappa shape index (κ3) is 4.81. The first-order valence-corrected chi connectivity index (χ1v) is 8.64. The Labute approximate surface area is 157 Å². The number of hydrogen-bond donors (Lipinski definition) is 2. The number of rotatable bonds is 5. The summed E-state index contributed by atoms with van der Waals surface area (Å²) < 4.78 is 0. The zero-order valence-electron chi connectivity index (χ0n) is 15.0. The number of nitrogens with one attached hydrogen (secondary N) is 2. The van der Waals surface area contributed by atoms with E-state index in [2.05, 4.69) is 20.5 Å². The fourth-order valence-electron chi connectivity index (χ4n) is 2.81. The van der Waals surface area contributed by atoms with Crippen molar-refractivity contribution < 1.29 is 14.4 Å². The lowest BCUT2D eigenvalue weighted by Gasteiger charge is -2.33. The van der Waals surface area contributed by atoms with E-state index in [-0.39, 0.29) is 11.8 Å². The molecule has 3 amide bonds. The van der Waals surface area contributed by atoms with Gasteiger partial charge in [-0.05, 0) is 36.4 Å². The maximum absolute atomic E-state index is 12.4. The molecule has 0 atom stereocenters. The quantitative estimate of drug-likeness (QED) is 0.783. The van der Waals surface area contributed by atoms with E-state index in [1.807, 2.05) is 6.07 Å². The fraction of sp³-hybridized carbons (Fsp3) is 0.263. The number of anilines is 3. The molecule has 140 valence electrons. The first kappa shape index (κ1) is 18.4. The Bertz CT molecular complexity index is 812. The second-order valence-electron chi connectivity index (χ2n) is 6.25. The smallest absolute Gasteiger partial charge is 0.257 e. The molecular formula is C19H21N5O3. The molecule has 27 heavy (non-hydrogen) atoms. The lowest BCUT2D eigenvalue weighted by molar-refractivity contribution is -0.118. The van der Waals surface area contributed by atoms with Crippen molar-refractivity contribution in [3.8, 4) is 0 Å². The molecule has 0 spiro atoms. The van der Waals surface area contributed by atoms with E-state index in [4.69, 9.17) is 0 Å². The summed E-state index contributed by atoms with van der Waals surface area (Å²) in [6.07, 6.45) is 2.41. The molecule has 2 aromatic rings. The molecule has 2 N–H and O–H groups in total. The van der Waals surface area contributed by atoms with Crippen LogP contribution in [0, 0.1) is 0 Å². The number of carbonyl (C=O) groups is 3. The van der Waals surface area contributed by atoms with Crippen molar-refractivity contribution in [1.29, 1.82) is 0 Å². The minimum Gasteiger partial charge on any atom is -0.353 e. The first-order chi connectivity index (χ1) is 13.0. The molecule has 1 fully saturated rings. The Morgan fingerprint density at radius 2 is 1.59 bits per heavy atom. The highest BCUT2D eigenvalue weighted by molar-refractivity contribution is 6.04. The van der Waals surface area contributed by atoms with Crippen molar-refractivity contribution in [3.63, 3.8) is 0 Å². The van der Waals surface area contributed by atoms with Gasteiger partial charge in [0.15, 0.2) is 0 Å². The summed E-state index contributed by atoms with van der Waals surface area (Å²) in [5.41, 5.74) is 1.75. The minimum atomic E-state index is -0.257. The van der Waals surface area contributed by atoms with E-state index in [9.17, 15) is 14.4 Å². The normalized spacial score (nSPS) is 13.8. The van der Waals surface area contributed by atoms with Gasteiger partial charge in [0, 0.05) is 50.7 Å². The standard InChI is InChI=1S/C19H21N5O3/c1-14(26)21-16-3-5-17(6-4-16)22-19(27)15-2-7-18(20-12-15)24-10-8-23(13-25)9-11-24/h2-7,12-13H,8-11H2,1H3,(H,21,26)(H,22,27). The largest absolute Gasteiger partial charge is 0.353 e. The third-order valence-electron chi connectivity index (χ3n) is 4.26. The highest BCUT2D eigenvalue weighted by Crippen LogP contribution is 2.16. The molecule has 0 radical (unpaired) electrons. The van der Waals surface area contributed by atoms with Crippen LogP contribution < -0.4 is 15.5 Å². The van der Waals surface area contributed by atoms with E-state index in [1.165, 1.54) is 6.92 Å². The number of amides is 3. The number of piperazine rings is 1. The Kier molecular flexibility index (Phi) is 5.65. The number of carbonyl (C=O) groups excluding carboxylic acids is 3. The minimum absolute atomic E-state index is 0.148. The van der Waals surface area contributed by atoms with Crippen LogP contribution >= 0.6 is 0 Å². The number of aromatic nitrogens is 1. The predicted octanol–water partition coefficient (Wildman–Crippen LogP) is 1.57. The highest BCUT2D eigenvalue weighted by Gasteiger charge is 2.17. The van der Waals surface area contributed by atoms with E-state index >= 15 is 0 Å². The summed E-state index contributed by atoms with van der Waals surface area (Å²) in [5, 5.41) is 5.47. The number of hydrogen-bond acceptors (Lipinski definition) is 5. The van der Waals surface area contributed by atoms with Gasteiger partial charge in [0.1, 0.15) is 5.82 Å². The molecule has 0 aliphatic carbocycles. The number of benzene rings is 1. The molecule has 3 rings (SSSR count).